The van der Waals surface area contributed by atoms with E-state index < -0.39 is 0 Å². The number of piperazine rings is 1. The first-order valence-electron chi connectivity index (χ1n) is 9.54. The number of carbonyl (C=O) groups is 1. The van der Waals surface area contributed by atoms with Gasteiger partial charge in [0.25, 0.3) is 0 Å². The fraction of sp³-hybridized carbons (Fsp3) is 0.429. The number of amides is 1. The Morgan fingerprint density at radius 3 is 2.59 bits per heavy atom. The number of carbonyl (C=O) groups excluding carboxylic acids is 1. The highest BCUT2D eigenvalue weighted by atomic mass is 16.5. The average molecular weight is 368 g/mol. The fourth-order valence-electron chi connectivity index (χ4n) is 3.14. The van der Waals surface area contributed by atoms with E-state index in [1.807, 2.05) is 43.3 Å². The van der Waals surface area contributed by atoms with Crippen LogP contribution in [-0.4, -0.2) is 60.0 Å². The predicted octanol–water partition coefficient (Wildman–Crippen LogP) is 2.44. The molecule has 0 unspecified atom stereocenters. The summed E-state index contributed by atoms with van der Waals surface area (Å²) in [5, 5.41) is 3.00. The van der Waals surface area contributed by atoms with Crippen molar-refractivity contribution < 1.29 is 9.53 Å². The minimum absolute atomic E-state index is 0.0330. The van der Waals surface area contributed by atoms with Crippen molar-refractivity contribution in [3.8, 4) is 11.6 Å². The summed E-state index contributed by atoms with van der Waals surface area (Å²) in [6.07, 6.45) is 1.70. The third-order valence-corrected chi connectivity index (χ3v) is 4.91. The molecule has 3 rings (SSSR count). The van der Waals surface area contributed by atoms with Crippen LogP contribution >= 0.6 is 0 Å². The lowest BCUT2D eigenvalue weighted by Gasteiger charge is -2.33. The molecular weight excluding hydrogens is 340 g/mol. The van der Waals surface area contributed by atoms with Gasteiger partial charge in [-0.25, -0.2) is 4.98 Å². The van der Waals surface area contributed by atoms with Gasteiger partial charge >= 0.3 is 0 Å². The van der Waals surface area contributed by atoms with Crippen LogP contribution in [0.3, 0.4) is 0 Å². The maximum Gasteiger partial charge on any atom is 0.234 e. The first-order chi connectivity index (χ1) is 13.2. The third-order valence-electron chi connectivity index (χ3n) is 4.91. The number of aromatic nitrogens is 1. The molecule has 1 aromatic heterocycles. The molecule has 1 amide bonds. The highest BCUT2D eigenvalue weighted by Crippen LogP contribution is 2.25. The van der Waals surface area contributed by atoms with E-state index in [0.29, 0.717) is 19.0 Å². The molecule has 2 aromatic rings. The molecule has 1 fully saturated rings. The van der Waals surface area contributed by atoms with Crippen molar-refractivity contribution in [3.63, 3.8) is 0 Å². The van der Waals surface area contributed by atoms with Crippen molar-refractivity contribution in [2.75, 3.05) is 39.3 Å². The molecule has 2 heterocycles. The summed E-state index contributed by atoms with van der Waals surface area (Å²) >= 11 is 0. The smallest absolute Gasteiger partial charge is 0.234 e. The van der Waals surface area contributed by atoms with Crippen molar-refractivity contribution in [2.45, 2.75) is 20.4 Å². The Kier molecular flexibility index (Phi) is 6.79. The molecular formula is C21H28N4O2. The molecule has 144 valence electrons. The molecule has 6 heteroatoms. The molecule has 1 aliphatic heterocycles. The highest BCUT2D eigenvalue weighted by molar-refractivity contribution is 5.78. The largest absolute Gasteiger partial charge is 0.438 e. The van der Waals surface area contributed by atoms with Crippen molar-refractivity contribution in [1.29, 1.82) is 0 Å². The zero-order valence-corrected chi connectivity index (χ0v) is 16.1. The number of ether oxygens (including phenoxy) is 1. The number of pyridine rings is 1. The van der Waals surface area contributed by atoms with Crippen LogP contribution in [0, 0.1) is 6.92 Å². The van der Waals surface area contributed by atoms with Gasteiger partial charge in [0.05, 0.1) is 6.54 Å². The molecule has 0 spiro atoms. The lowest BCUT2D eigenvalue weighted by atomic mass is 10.2. The average Bonchev–Trinajstić information content (AvgIpc) is 2.69. The van der Waals surface area contributed by atoms with Crippen molar-refractivity contribution in [2.24, 2.45) is 0 Å². The standard InChI is InChI=1S/C21H28N4O2/c1-3-24-11-13-25(14-12-24)16-20(26)23-15-18-8-6-10-22-21(18)27-19-9-5-4-7-17(19)2/h4-10H,3,11-16H2,1-2H3,(H,23,26). The van der Waals surface area contributed by atoms with E-state index in [4.69, 9.17) is 4.74 Å². The number of nitrogens with one attached hydrogen (secondary N) is 1. The second-order valence-corrected chi connectivity index (χ2v) is 6.82. The number of hydrogen-bond acceptors (Lipinski definition) is 5. The van der Waals surface area contributed by atoms with Gasteiger partial charge in [-0.05, 0) is 31.2 Å². The van der Waals surface area contributed by atoms with E-state index in [1.54, 1.807) is 6.20 Å². The number of likely N-dealkylation sites (N-methyl/N-ethyl adjacent to an activating group) is 1. The summed E-state index contributed by atoms with van der Waals surface area (Å²) < 4.78 is 5.97. The molecule has 0 saturated carbocycles. The van der Waals surface area contributed by atoms with Gasteiger partial charge in [-0.15, -0.1) is 0 Å². The van der Waals surface area contributed by atoms with Crippen LogP contribution in [0.4, 0.5) is 0 Å². The van der Waals surface area contributed by atoms with E-state index in [9.17, 15) is 4.79 Å². The van der Waals surface area contributed by atoms with Gasteiger partial charge in [0.2, 0.25) is 11.8 Å². The summed E-state index contributed by atoms with van der Waals surface area (Å²) in [4.78, 5) is 21.3. The molecule has 1 aliphatic rings. The van der Waals surface area contributed by atoms with E-state index in [0.717, 1.165) is 49.6 Å². The van der Waals surface area contributed by atoms with Gasteiger partial charge in [0.15, 0.2) is 0 Å². The predicted molar refractivity (Wildman–Crippen MR) is 106 cm³/mol. The molecule has 1 aromatic carbocycles. The van der Waals surface area contributed by atoms with Crippen LogP contribution in [-0.2, 0) is 11.3 Å². The first-order valence-corrected chi connectivity index (χ1v) is 9.54. The first kappa shape index (κ1) is 19.3. The van der Waals surface area contributed by atoms with Crippen LogP contribution in [0.1, 0.15) is 18.1 Å². The Morgan fingerprint density at radius 1 is 1.11 bits per heavy atom. The number of nitrogens with zero attached hydrogens (tertiary/aromatic N) is 3. The Labute approximate surface area is 161 Å². The molecule has 27 heavy (non-hydrogen) atoms. The summed E-state index contributed by atoms with van der Waals surface area (Å²) in [5.74, 6) is 1.34. The van der Waals surface area contributed by atoms with Crippen LogP contribution < -0.4 is 10.1 Å². The summed E-state index contributed by atoms with van der Waals surface area (Å²) in [7, 11) is 0. The van der Waals surface area contributed by atoms with E-state index in [2.05, 4.69) is 27.0 Å². The van der Waals surface area contributed by atoms with Crippen LogP contribution in [0.2, 0.25) is 0 Å². The number of hydrogen-bond donors (Lipinski definition) is 1. The Bertz CT molecular complexity index is 757. The lowest BCUT2D eigenvalue weighted by molar-refractivity contribution is -0.122. The zero-order chi connectivity index (χ0) is 19.1. The maximum absolute atomic E-state index is 12.3. The van der Waals surface area contributed by atoms with E-state index in [1.165, 1.54) is 0 Å². The lowest BCUT2D eigenvalue weighted by Crippen LogP contribution is -2.49. The number of benzene rings is 1. The SMILES string of the molecule is CCN1CCN(CC(=O)NCc2cccnc2Oc2ccccc2C)CC1. The molecule has 0 atom stereocenters. The molecule has 0 aliphatic carbocycles. The van der Waals surface area contributed by atoms with Gasteiger partial charge in [-0.2, -0.15) is 0 Å². The van der Waals surface area contributed by atoms with Gasteiger partial charge in [-0.3, -0.25) is 9.69 Å². The minimum Gasteiger partial charge on any atom is -0.438 e. The number of aryl methyl sites for hydroxylation is 1. The van der Waals surface area contributed by atoms with Crippen LogP contribution in [0.15, 0.2) is 42.6 Å². The van der Waals surface area contributed by atoms with E-state index >= 15 is 0 Å². The quantitative estimate of drug-likeness (QED) is 0.813. The zero-order valence-electron chi connectivity index (χ0n) is 16.1. The normalized spacial score (nSPS) is 15.5. The molecule has 0 radical (unpaired) electrons. The summed E-state index contributed by atoms with van der Waals surface area (Å²) in [6, 6.07) is 11.6. The molecule has 0 bridgehead atoms. The maximum atomic E-state index is 12.3. The van der Waals surface area contributed by atoms with Gasteiger partial charge in [0, 0.05) is 44.5 Å². The Hall–Kier alpha value is -2.44. The van der Waals surface area contributed by atoms with Gasteiger partial charge in [-0.1, -0.05) is 31.2 Å². The summed E-state index contributed by atoms with van der Waals surface area (Å²) in [5.41, 5.74) is 1.91. The van der Waals surface area contributed by atoms with E-state index in [-0.39, 0.29) is 5.91 Å². The highest BCUT2D eigenvalue weighted by Gasteiger charge is 2.18. The van der Waals surface area contributed by atoms with Crippen molar-refractivity contribution in [1.82, 2.24) is 20.1 Å². The van der Waals surface area contributed by atoms with Gasteiger partial charge < -0.3 is 15.0 Å². The number of para-hydroxylation sites is 1. The molecule has 6 nitrogen and oxygen atoms in total. The summed E-state index contributed by atoms with van der Waals surface area (Å²) in [6.45, 7) is 10.0. The second-order valence-electron chi connectivity index (χ2n) is 6.82. The van der Waals surface area contributed by atoms with Gasteiger partial charge in [0.1, 0.15) is 5.75 Å². The van der Waals surface area contributed by atoms with Crippen molar-refractivity contribution >= 4 is 5.91 Å². The fourth-order valence-corrected chi connectivity index (χ4v) is 3.14. The minimum atomic E-state index is 0.0330. The Morgan fingerprint density at radius 2 is 1.85 bits per heavy atom. The third kappa shape index (κ3) is 5.52. The Balaban J connectivity index is 1.54. The molecule has 1 saturated heterocycles. The second kappa shape index (κ2) is 9.48. The molecule has 1 N–H and O–H groups in total. The van der Waals surface area contributed by atoms with Crippen LogP contribution in [0.25, 0.3) is 0 Å². The number of rotatable bonds is 7. The van der Waals surface area contributed by atoms with Crippen LogP contribution in [0.5, 0.6) is 11.6 Å². The van der Waals surface area contributed by atoms with Crippen molar-refractivity contribution in [3.05, 3.63) is 53.7 Å². The monoisotopic (exact) mass is 368 g/mol. The topological polar surface area (TPSA) is 57.7 Å².